The van der Waals surface area contributed by atoms with Crippen molar-refractivity contribution in [1.29, 1.82) is 0 Å². The SMILES string of the molecule is Cl.NCCC(=O)Nc1cccc2c1CCCC2. The van der Waals surface area contributed by atoms with Gasteiger partial charge in [0.1, 0.15) is 0 Å². The van der Waals surface area contributed by atoms with E-state index in [1.807, 2.05) is 12.1 Å². The summed E-state index contributed by atoms with van der Waals surface area (Å²) in [5.74, 6) is 0.0153. The number of benzene rings is 1. The maximum absolute atomic E-state index is 11.5. The highest BCUT2D eigenvalue weighted by atomic mass is 35.5. The van der Waals surface area contributed by atoms with E-state index < -0.39 is 0 Å². The molecule has 3 nitrogen and oxygen atoms in total. The second-order valence-electron chi connectivity index (χ2n) is 4.24. The van der Waals surface area contributed by atoms with E-state index >= 15 is 0 Å². The number of carbonyl (C=O) groups is 1. The highest BCUT2D eigenvalue weighted by Crippen LogP contribution is 2.27. The Labute approximate surface area is 108 Å². The van der Waals surface area contributed by atoms with Crippen LogP contribution in [-0.2, 0) is 17.6 Å². The molecule has 17 heavy (non-hydrogen) atoms. The Kier molecular flexibility index (Phi) is 5.45. The Morgan fingerprint density at radius 2 is 2.06 bits per heavy atom. The first kappa shape index (κ1) is 14.0. The number of fused-ring (bicyclic) bond motifs is 1. The number of amides is 1. The maximum Gasteiger partial charge on any atom is 0.225 e. The van der Waals surface area contributed by atoms with Crippen molar-refractivity contribution in [2.75, 3.05) is 11.9 Å². The summed E-state index contributed by atoms with van der Waals surface area (Å²) < 4.78 is 0. The van der Waals surface area contributed by atoms with Crippen LogP contribution in [0.5, 0.6) is 0 Å². The number of halogens is 1. The number of aryl methyl sites for hydroxylation is 1. The lowest BCUT2D eigenvalue weighted by Gasteiger charge is -2.19. The van der Waals surface area contributed by atoms with E-state index in [0.717, 1.165) is 18.5 Å². The summed E-state index contributed by atoms with van der Waals surface area (Å²) in [7, 11) is 0. The summed E-state index contributed by atoms with van der Waals surface area (Å²) in [6.07, 6.45) is 5.08. The minimum Gasteiger partial charge on any atom is -0.330 e. The number of rotatable bonds is 3. The Hall–Kier alpha value is -1.06. The lowest BCUT2D eigenvalue weighted by Crippen LogP contribution is -2.18. The number of nitrogens with one attached hydrogen (secondary N) is 1. The predicted octanol–water partition coefficient (Wildman–Crippen LogP) is 2.27. The van der Waals surface area contributed by atoms with Crippen molar-refractivity contribution in [1.82, 2.24) is 0 Å². The molecule has 0 spiro atoms. The van der Waals surface area contributed by atoms with Crippen LogP contribution < -0.4 is 11.1 Å². The van der Waals surface area contributed by atoms with Crippen LogP contribution in [0.4, 0.5) is 5.69 Å². The highest BCUT2D eigenvalue weighted by molar-refractivity contribution is 5.91. The van der Waals surface area contributed by atoms with Crippen LogP contribution >= 0.6 is 12.4 Å². The van der Waals surface area contributed by atoms with Crippen LogP contribution in [0.25, 0.3) is 0 Å². The molecule has 0 heterocycles. The van der Waals surface area contributed by atoms with Crippen molar-refractivity contribution in [3.05, 3.63) is 29.3 Å². The fourth-order valence-corrected chi connectivity index (χ4v) is 2.24. The van der Waals surface area contributed by atoms with Gasteiger partial charge in [0.15, 0.2) is 0 Å². The van der Waals surface area contributed by atoms with Crippen molar-refractivity contribution >= 4 is 24.0 Å². The highest BCUT2D eigenvalue weighted by Gasteiger charge is 2.13. The standard InChI is InChI=1S/C13H18N2O.ClH/c14-9-8-13(16)15-12-7-3-5-10-4-1-2-6-11(10)12;/h3,5,7H,1-2,4,6,8-9,14H2,(H,15,16);1H. The van der Waals surface area contributed by atoms with Crippen LogP contribution in [0.2, 0.25) is 0 Å². The van der Waals surface area contributed by atoms with E-state index in [2.05, 4.69) is 11.4 Å². The maximum atomic E-state index is 11.5. The fraction of sp³-hybridized carbons (Fsp3) is 0.462. The van der Waals surface area contributed by atoms with Gasteiger partial charge in [-0.25, -0.2) is 0 Å². The Balaban J connectivity index is 0.00000144. The fourth-order valence-electron chi connectivity index (χ4n) is 2.24. The van der Waals surface area contributed by atoms with Crippen LogP contribution in [-0.4, -0.2) is 12.5 Å². The lowest BCUT2D eigenvalue weighted by molar-refractivity contribution is -0.116. The average Bonchev–Trinajstić information content (AvgIpc) is 2.30. The summed E-state index contributed by atoms with van der Waals surface area (Å²) in [5.41, 5.74) is 9.05. The van der Waals surface area contributed by atoms with Crippen LogP contribution in [0.3, 0.4) is 0 Å². The molecule has 0 radical (unpaired) electrons. The third-order valence-corrected chi connectivity index (χ3v) is 3.04. The normalized spacial score (nSPS) is 13.5. The number of anilines is 1. The third kappa shape index (κ3) is 3.45. The number of nitrogens with two attached hydrogens (primary N) is 1. The van der Waals surface area contributed by atoms with Gasteiger partial charge in [0.05, 0.1) is 0 Å². The van der Waals surface area contributed by atoms with Crippen LogP contribution in [0.1, 0.15) is 30.4 Å². The minimum absolute atomic E-state index is 0. The molecule has 0 bridgehead atoms. The first-order valence-electron chi connectivity index (χ1n) is 5.92. The Bertz CT molecular complexity index is 393. The molecule has 0 saturated heterocycles. The topological polar surface area (TPSA) is 55.1 Å². The zero-order valence-corrected chi connectivity index (χ0v) is 10.7. The molecule has 0 aliphatic heterocycles. The molecule has 1 aromatic rings. The van der Waals surface area contributed by atoms with Crippen LogP contribution in [0, 0.1) is 0 Å². The second-order valence-corrected chi connectivity index (χ2v) is 4.24. The van der Waals surface area contributed by atoms with E-state index in [9.17, 15) is 4.79 Å². The van der Waals surface area contributed by atoms with Gasteiger partial charge in [-0.05, 0) is 42.9 Å². The molecule has 1 aromatic carbocycles. The van der Waals surface area contributed by atoms with E-state index in [1.165, 1.54) is 24.0 Å². The van der Waals surface area contributed by atoms with Gasteiger partial charge < -0.3 is 11.1 Å². The average molecular weight is 255 g/mol. The van der Waals surface area contributed by atoms with Crippen molar-refractivity contribution in [2.45, 2.75) is 32.1 Å². The van der Waals surface area contributed by atoms with Crippen molar-refractivity contribution < 1.29 is 4.79 Å². The predicted molar refractivity (Wildman–Crippen MR) is 72.6 cm³/mol. The summed E-state index contributed by atoms with van der Waals surface area (Å²) in [5, 5.41) is 2.95. The van der Waals surface area contributed by atoms with Gasteiger partial charge in [0.25, 0.3) is 0 Å². The first-order chi connectivity index (χ1) is 7.81. The summed E-state index contributed by atoms with van der Waals surface area (Å²) in [4.78, 5) is 11.5. The van der Waals surface area contributed by atoms with Crippen molar-refractivity contribution in [2.24, 2.45) is 5.73 Å². The lowest BCUT2D eigenvalue weighted by atomic mass is 9.90. The summed E-state index contributed by atoms with van der Waals surface area (Å²) in [6.45, 7) is 0.404. The summed E-state index contributed by atoms with van der Waals surface area (Å²) in [6, 6.07) is 6.16. The minimum atomic E-state index is 0. The van der Waals surface area contributed by atoms with Gasteiger partial charge in [-0.1, -0.05) is 12.1 Å². The van der Waals surface area contributed by atoms with Gasteiger partial charge in [0, 0.05) is 18.7 Å². The monoisotopic (exact) mass is 254 g/mol. The third-order valence-electron chi connectivity index (χ3n) is 3.04. The molecule has 4 heteroatoms. The number of hydrogen-bond acceptors (Lipinski definition) is 2. The number of hydrogen-bond donors (Lipinski definition) is 2. The Morgan fingerprint density at radius 3 is 2.82 bits per heavy atom. The molecular formula is C13H19ClN2O. The van der Waals surface area contributed by atoms with E-state index in [4.69, 9.17) is 5.73 Å². The first-order valence-corrected chi connectivity index (χ1v) is 5.92. The molecule has 3 N–H and O–H groups in total. The van der Waals surface area contributed by atoms with Gasteiger partial charge in [-0.15, -0.1) is 12.4 Å². The number of carbonyl (C=O) groups excluding carboxylic acids is 1. The van der Waals surface area contributed by atoms with Gasteiger partial charge >= 0.3 is 0 Å². The van der Waals surface area contributed by atoms with Crippen LogP contribution in [0.15, 0.2) is 18.2 Å². The van der Waals surface area contributed by atoms with Gasteiger partial charge in [0.2, 0.25) is 5.91 Å². The van der Waals surface area contributed by atoms with Gasteiger partial charge in [-0.3, -0.25) is 4.79 Å². The molecule has 0 atom stereocenters. The molecule has 0 aromatic heterocycles. The van der Waals surface area contributed by atoms with Crippen molar-refractivity contribution in [3.8, 4) is 0 Å². The van der Waals surface area contributed by atoms with E-state index in [1.54, 1.807) is 0 Å². The Morgan fingerprint density at radius 1 is 1.29 bits per heavy atom. The summed E-state index contributed by atoms with van der Waals surface area (Å²) >= 11 is 0. The largest absolute Gasteiger partial charge is 0.330 e. The molecule has 0 unspecified atom stereocenters. The van der Waals surface area contributed by atoms with E-state index in [-0.39, 0.29) is 18.3 Å². The molecule has 1 aliphatic carbocycles. The molecule has 1 amide bonds. The molecule has 94 valence electrons. The quantitative estimate of drug-likeness (QED) is 0.870. The molecule has 0 fully saturated rings. The second kappa shape index (κ2) is 6.62. The van der Waals surface area contributed by atoms with Crippen molar-refractivity contribution in [3.63, 3.8) is 0 Å². The van der Waals surface area contributed by atoms with E-state index in [0.29, 0.717) is 13.0 Å². The smallest absolute Gasteiger partial charge is 0.225 e. The zero-order valence-electron chi connectivity index (χ0n) is 9.87. The molecule has 1 aliphatic rings. The van der Waals surface area contributed by atoms with Gasteiger partial charge in [-0.2, -0.15) is 0 Å². The molecule has 0 saturated carbocycles. The zero-order chi connectivity index (χ0) is 11.4. The molecular weight excluding hydrogens is 236 g/mol. The molecule has 2 rings (SSSR count).